The summed E-state index contributed by atoms with van der Waals surface area (Å²) in [6, 6.07) is 6.84. The molecule has 1 aliphatic heterocycles. The van der Waals surface area contributed by atoms with E-state index in [1.54, 1.807) is 18.0 Å². The first kappa shape index (κ1) is 21.1. The van der Waals surface area contributed by atoms with Gasteiger partial charge in [0.15, 0.2) is 6.61 Å². The Morgan fingerprint density at radius 1 is 1.28 bits per heavy atom. The smallest absolute Gasteiger partial charge is 0.338 e. The van der Waals surface area contributed by atoms with Gasteiger partial charge in [-0.3, -0.25) is 9.59 Å². The van der Waals surface area contributed by atoms with Crippen molar-refractivity contribution in [3.8, 4) is 6.07 Å². The third kappa shape index (κ3) is 4.38. The highest BCUT2D eigenvalue weighted by atomic mass is 35.5. The predicted octanol–water partition coefficient (Wildman–Crippen LogP) is 3.31. The summed E-state index contributed by atoms with van der Waals surface area (Å²) < 4.78 is 5.19. The molecule has 1 saturated heterocycles. The summed E-state index contributed by atoms with van der Waals surface area (Å²) in [5, 5.41) is 9.98. The Morgan fingerprint density at radius 3 is 2.62 bits per heavy atom. The Balaban J connectivity index is 1.65. The van der Waals surface area contributed by atoms with Gasteiger partial charge in [0.1, 0.15) is 5.54 Å². The lowest BCUT2D eigenvalue weighted by molar-refractivity contribution is -0.138. The maximum absolute atomic E-state index is 12.5. The Labute approximate surface area is 175 Å². The summed E-state index contributed by atoms with van der Waals surface area (Å²) >= 11 is 6.20. The summed E-state index contributed by atoms with van der Waals surface area (Å²) in [6.07, 6.45) is 5.30. The van der Waals surface area contributed by atoms with Gasteiger partial charge in [-0.2, -0.15) is 5.26 Å². The van der Waals surface area contributed by atoms with Gasteiger partial charge in [-0.15, -0.1) is 0 Å². The maximum atomic E-state index is 12.5. The number of nitriles is 1. The first-order valence-corrected chi connectivity index (χ1v) is 10.2. The second kappa shape index (κ2) is 8.83. The minimum absolute atomic E-state index is 0.0384. The Bertz CT molecular complexity index is 858. The Morgan fingerprint density at radius 2 is 2.00 bits per heavy atom. The van der Waals surface area contributed by atoms with Gasteiger partial charge in [0.2, 0.25) is 5.91 Å². The Kier molecular flexibility index (Phi) is 6.43. The summed E-state index contributed by atoms with van der Waals surface area (Å²) in [5.74, 6) is -1.12. The average molecular weight is 418 g/mol. The lowest BCUT2D eigenvalue weighted by atomic mass is 9.81. The van der Waals surface area contributed by atoms with Crippen LogP contribution in [0.15, 0.2) is 18.2 Å². The number of amides is 2. The number of carbonyl (C=O) groups is 3. The summed E-state index contributed by atoms with van der Waals surface area (Å²) in [5.41, 5.74) is -0.143. The zero-order chi connectivity index (χ0) is 21.0. The molecular weight excluding hydrogens is 394 g/mol. The van der Waals surface area contributed by atoms with E-state index in [0.717, 1.165) is 25.7 Å². The van der Waals surface area contributed by atoms with Crippen molar-refractivity contribution >= 4 is 35.1 Å². The quantitative estimate of drug-likeness (QED) is 0.685. The highest BCUT2D eigenvalue weighted by Crippen LogP contribution is 2.33. The van der Waals surface area contributed by atoms with E-state index >= 15 is 0 Å². The van der Waals surface area contributed by atoms with Crippen molar-refractivity contribution in [2.24, 2.45) is 0 Å². The van der Waals surface area contributed by atoms with Crippen molar-refractivity contribution < 1.29 is 19.1 Å². The first-order valence-electron chi connectivity index (χ1n) is 9.83. The molecule has 8 heteroatoms. The van der Waals surface area contributed by atoms with Crippen LogP contribution in [-0.2, 0) is 14.3 Å². The molecule has 2 aliphatic rings. The molecule has 154 valence electrons. The molecule has 0 bridgehead atoms. The summed E-state index contributed by atoms with van der Waals surface area (Å²) in [7, 11) is 1.59. The van der Waals surface area contributed by atoms with Crippen LogP contribution in [0.4, 0.5) is 5.69 Å². The van der Waals surface area contributed by atoms with Gasteiger partial charge in [-0.05, 0) is 37.5 Å². The number of anilines is 1. The van der Waals surface area contributed by atoms with Gasteiger partial charge in [0.25, 0.3) is 5.91 Å². The van der Waals surface area contributed by atoms with Crippen LogP contribution in [0.5, 0.6) is 0 Å². The lowest BCUT2D eigenvalue weighted by Gasteiger charge is -2.38. The van der Waals surface area contributed by atoms with Gasteiger partial charge >= 0.3 is 5.97 Å². The fourth-order valence-corrected chi connectivity index (χ4v) is 4.17. The van der Waals surface area contributed by atoms with Gasteiger partial charge in [0, 0.05) is 20.0 Å². The van der Waals surface area contributed by atoms with Crippen LogP contribution in [0.25, 0.3) is 0 Å². The van der Waals surface area contributed by atoms with Crippen molar-refractivity contribution in [3.05, 3.63) is 28.8 Å². The highest BCUT2D eigenvalue weighted by molar-refractivity contribution is 6.34. The van der Waals surface area contributed by atoms with Crippen molar-refractivity contribution in [2.45, 2.75) is 50.5 Å². The van der Waals surface area contributed by atoms with E-state index in [-0.39, 0.29) is 11.5 Å². The van der Waals surface area contributed by atoms with Crippen LogP contribution in [0, 0.1) is 11.3 Å². The molecule has 2 fully saturated rings. The second-order valence-corrected chi connectivity index (χ2v) is 7.96. The standard InChI is InChI=1S/C21H24ClN3O4/c1-24(21(14-23)9-3-2-4-10-21)19(27)13-29-20(28)15-7-8-16(22)17(12-15)25-11-5-6-18(25)26/h7-8,12H,2-6,9-11,13H2,1H3. The second-order valence-electron chi connectivity index (χ2n) is 7.55. The maximum Gasteiger partial charge on any atom is 0.338 e. The first-order chi connectivity index (χ1) is 13.9. The molecule has 1 heterocycles. The average Bonchev–Trinajstić information content (AvgIpc) is 3.17. The van der Waals surface area contributed by atoms with Crippen LogP contribution >= 0.6 is 11.6 Å². The molecule has 1 aromatic rings. The normalized spacial score (nSPS) is 18.2. The Hall–Kier alpha value is -2.59. The van der Waals surface area contributed by atoms with E-state index in [0.29, 0.717) is 36.5 Å². The monoisotopic (exact) mass is 417 g/mol. The van der Waals surface area contributed by atoms with Crippen LogP contribution in [-0.4, -0.2) is 48.4 Å². The zero-order valence-corrected chi connectivity index (χ0v) is 17.2. The topological polar surface area (TPSA) is 90.7 Å². The molecule has 0 radical (unpaired) electrons. The fraction of sp³-hybridized carbons (Fsp3) is 0.524. The van der Waals surface area contributed by atoms with Crippen LogP contribution in [0.2, 0.25) is 5.02 Å². The predicted molar refractivity (Wildman–Crippen MR) is 108 cm³/mol. The number of esters is 1. The summed E-state index contributed by atoms with van der Waals surface area (Å²) in [4.78, 5) is 39.9. The molecule has 0 unspecified atom stereocenters. The molecule has 7 nitrogen and oxygen atoms in total. The van der Waals surface area contributed by atoms with Crippen molar-refractivity contribution in [1.82, 2.24) is 4.90 Å². The molecule has 1 aliphatic carbocycles. The highest BCUT2D eigenvalue weighted by Gasteiger charge is 2.39. The number of halogens is 1. The van der Waals surface area contributed by atoms with E-state index in [4.69, 9.17) is 16.3 Å². The van der Waals surface area contributed by atoms with Gasteiger partial charge in [0.05, 0.1) is 22.3 Å². The number of carbonyl (C=O) groups excluding carboxylic acids is 3. The van der Waals surface area contributed by atoms with E-state index in [9.17, 15) is 19.6 Å². The third-order valence-corrected chi connectivity index (χ3v) is 6.10. The van der Waals surface area contributed by atoms with E-state index in [2.05, 4.69) is 6.07 Å². The number of hydrogen-bond donors (Lipinski definition) is 0. The lowest BCUT2D eigenvalue weighted by Crippen LogP contribution is -2.51. The zero-order valence-electron chi connectivity index (χ0n) is 16.4. The molecular formula is C21H24ClN3O4. The number of benzene rings is 1. The largest absolute Gasteiger partial charge is 0.452 e. The van der Waals surface area contributed by atoms with Gasteiger partial charge < -0.3 is 14.5 Å². The minimum Gasteiger partial charge on any atom is -0.452 e. The molecule has 29 heavy (non-hydrogen) atoms. The van der Waals surface area contributed by atoms with E-state index in [1.807, 2.05) is 0 Å². The fourth-order valence-electron chi connectivity index (χ4n) is 3.95. The van der Waals surface area contributed by atoms with E-state index in [1.165, 1.54) is 17.0 Å². The van der Waals surface area contributed by atoms with Crippen molar-refractivity contribution in [1.29, 1.82) is 5.26 Å². The number of rotatable bonds is 5. The molecule has 0 atom stereocenters. The number of nitrogens with zero attached hydrogens (tertiary/aromatic N) is 3. The molecule has 1 saturated carbocycles. The number of hydrogen-bond acceptors (Lipinski definition) is 5. The minimum atomic E-state index is -0.828. The van der Waals surface area contributed by atoms with Crippen LogP contribution in [0.1, 0.15) is 55.3 Å². The number of likely N-dealkylation sites (N-methyl/N-ethyl adjacent to an activating group) is 1. The molecule has 0 spiro atoms. The third-order valence-electron chi connectivity index (χ3n) is 5.78. The number of ether oxygens (including phenoxy) is 1. The molecule has 2 amide bonds. The summed E-state index contributed by atoms with van der Waals surface area (Å²) in [6.45, 7) is 0.107. The molecule has 0 N–H and O–H groups in total. The van der Waals surface area contributed by atoms with Crippen molar-refractivity contribution in [2.75, 3.05) is 25.1 Å². The molecule has 1 aromatic carbocycles. The van der Waals surface area contributed by atoms with Crippen LogP contribution in [0.3, 0.4) is 0 Å². The van der Waals surface area contributed by atoms with Gasteiger partial charge in [-0.25, -0.2) is 4.79 Å². The molecule has 0 aromatic heterocycles. The van der Waals surface area contributed by atoms with E-state index < -0.39 is 24.0 Å². The van der Waals surface area contributed by atoms with Gasteiger partial charge in [-0.1, -0.05) is 30.9 Å². The molecule has 3 rings (SSSR count). The SMILES string of the molecule is CN(C(=O)COC(=O)c1ccc(Cl)c(N2CCCC2=O)c1)C1(C#N)CCCCC1. The van der Waals surface area contributed by atoms with Crippen LogP contribution < -0.4 is 4.90 Å². The van der Waals surface area contributed by atoms with Crippen molar-refractivity contribution in [3.63, 3.8) is 0 Å².